The third kappa shape index (κ3) is 4.29. The number of pyridine rings is 1. The number of nitrogens with one attached hydrogen (secondary N) is 2. The van der Waals surface area contributed by atoms with Gasteiger partial charge in [-0.25, -0.2) is 10.5 Å². The van der Waals surface area contributed by atoms with Crippen LogP contribution >= 0.6 is 11.6 Å². The first-order chi connectivity index (χ1) is 12.1. The van der Waals surface area contributed by atoms with Gasteiger partial charge in [-0.2, -0.15) is 0 Å². The quantitative estimate of drug-likeness (QED) is 0.422. The van der Waals surface area contributed by atoms with Crippen LogP contribution in [0.3, 0.4) is 0 Å². The SMILES string of the molecule is O=C(C=Cc1cnc(N[C@@H]2CCN(C(=O)C3CCC3)C2)c(Cl)c1)NO. The molecule has 2 amide bonds. The van der Waals surface area contributed by atoms with Crippen LogP contribution in [0.15, 0.2) is 18.3 Å². The molecule has 0 radical (unpaired) electrons. The fourth-order valence-electron chi connectivity index (χ4n) is 3.04. The number of aromatic nitrogens is 1. The summed E-state index contributed by atoms with van der Waals surface area (Å²) in [4.78, 5) is 29.5. The van der Waals surface area contributed by atoms with Gasteiger partial charge in [0.25, 0.3) is 5.91 Å². The van der Waals surface area contributed by atoms with E-state index in [-0.39, 0.29) is 17.9 Å². The summed E-state index contributed by atoms with van der Waals surface area (Å²) in [5.41, 5.74) is 2.16. The molecule has 1 aromatic rings. The van der Waals surface area contributed by atoms with Gasteiger partial charge >= 0.3 is 0 Å². The van der Waals surface area contributed by atoms with E-state index in [4.69, 9.17) is 16.8 Å². The van der Waals surface area contributed by atoms with Crippen molar-refractivity contribution in [1.29, 1.82) is 0 Å². The summed E-state index contributed by atoms with van der Waals surface area (Å²) >= 11 is 6.25. The molecule has 2 heterocycles. The topological polar surface area (TPSA) is 94.6 Å². The number of hydrogen-bond acceptors (Lipinski definition) is 5. The van der Waals surface area contributed by atoms with Gasteiger partial charge in [0, 0.05) is 37.3 Å². The second-order valence-corrected chi connectivity index (χ2v) is 6.86. The first-order valence-corrected chi connectivity index (χ1v) is 8.77. The molecular weight excluding hydrogens is 344 g/mol. The van der Waals surface area contributed by atoms with Crippen LogP contribution in [0.5, 0.6) is 0 Å². The molecule has 0 spiro atoms. The normalized spacial score (nSPS) is 20.6. The second kappa shape index (κ2) is 7.84. The molecule has 1 aliphatic heterocycles. The third-order valence-corrected chi connectivity index (χ3v) is 4.98. The molecule has 0 aromatic carbocycles. The van der Waals surface area contributed by atoms with Crippen LogP contribution in [-0.2, 0) is 9.59 Å². The summed E-state index contributed by atoms with van der Waals surface area (Å²) in [7, 11) is 0. The van der Waals surface area contributed by atoms with E-state index in [0.29, 0.717) is 22.9 Å². The Morgan fingerprint density at radius 3 is 2.80 bits per heavy atom. The van der Waals surface area contributed by atoms with Crippen LogP contribution in [0, 0.1) is 5.92 Å². The zero-order valence-corrected chi connectivity index (χ0v) is 14.5. The number of rotatable bonds is 5. The summed E-state index contributed by atoms with van der Waals surface area (Å²) < 4.78 is 0. The number of anilines is 1. The number of carbonyl (C=O) groups is 2. The number of halogens is 1. The molecule has 8 heteroatoms. The summed E-state index contributed by atoms with van der Waals surface area (Å²) in [6.45, 7) is 1.44. The number of amides is 2. The highest BCUT2D eigenvalue weighted by Crippen LogP contribution is 2.30. The first kappa shape index (κ1) is 17.7. The molecular formula is C17H21ClN4O3. The van der Waals surface area contributed by atoms with Crippen LogP contribution in [0.4, 0.5) is 5.82 Å². The number of nitrogens with zero attached hydrogens (tertiary/aromatic N) is 2. The molecule has 3 rings (SSSR count). The summed E-state index contributed by atoms with van der Waals surface area (Å²) in [6, 6.07) is 1.82. The first-order valence-electron chi connectivity index (χ1n) is 8.40. The van der Waals surface area contributed by atoms with Crippen molar-refractivity contribution >= 4 is 35.3 Å². The van der Waals surface area contributed by atoms with Crippen molar-refractivity contribution < 1.29 is 14.8 Å². The molecule has 2 fully saturated rings. The number of carbonyl (C=O) groups excluding carboxylic acids is 2. The van der Waals surface area contributed by atoms with E-state index < -0.39 is 5.91 Å². The zero-order chi connectivity index (χ0) is 17.8. The van der Waals surface area contributed by atoms with Gasteiger partial charge in [-0.15, -0.1) is 0 Å². The van der Waals surface area contributed by atoms with Gasteiger partial charge in [0.05, 0.1) is 5.02 Å². The minimum Gasteiger partial charge on any atom is -0.364 e. The van der Waals surface area contributed by atoms with Crippen LogP contribution in [-0.4, -0.2) is 46.0 Å². The van der Waals surface area contributed by atoms with E-state index in [9.17, 15) is 9.59 Å². The summed E-state index contributed by atoms with van der Waals surface area (Å²) in [5.74, 6) is 0.439. The average molecular weight is 365 g/mol. The molecule has 1 aromatic heterocycles. The van der Waals surface area contributed by atoms with Gasteiger partial charge < -0.3 is 10.2 Å². The highest BCUT2D eigenvalue weighted by atomic mass is 35.5. The molecule has 1 saturated carbocycles. The Labute approximate surface area is 151 Å². The molecule has 0 bridgehead atoms. The largest absolute Gasteiger partial charge is 0.364 e. The molecule has 1 aliphatic carbocycles. The standard InChI is InChI=1S/C17H21ClN4O3/c18-14-8-11(4-5-15(23)21-25)9-19-16(14)20-13-6-7-22(10-13)17(24)12-2-1-3-12/h4-5,8-9,12-13,25H,1-3,6-7,10H2,(H,19,20)(H,21,23)/t13-/m1/s1. The van der Waals surface area contributed by atoms with Crippen LogP contribution in [0.25, 0.3) is 6.08 Å². The van der Waals surface area contributed by atoms with E-state index in [1.54, 1.807) is 12.3 Å². The van der Waals surface area contributed by atoms with Gasteiger partial charge in [0.15, 0.2) is 0 Å². The smallest absolute Gasteiger partial charge is 0.267 e. The van der Waals surface area contributed by atoms with Gasteiger partial charge in [-0.3, -0.25) is 14.8 Å². The Morgan fingerprint density at radius 1 is 1.36 bits per heavy atom. The monoisotopic (exact) mass is 364 g/mol. The van der Waals surface area contributed by atoms with E-state index in [1.807, 2.05) is 4.90 Å². The zero-order valence-electron chi connectivity index (χ0n) is 13.7. The molecule has 1 saturated heterocycles. The molecule has 1 atom stereocenters. The third-order valence-electron chi connectivity index (χ3n) is 4.69. The molecule has 25 heavy (non-hydrogen) atoms. The predicted molar refractivity (Wildman–Crippen MR) is 94.2 cm³/mol. The molecule has 0 unspecified atom stereocenters. The number of hydroxylamine groups is 1. The van der Waals surface area contributed by atoms with Crippen molar-refractivity contribution in [1.82, 2.24) is 15.4 Å². The Balaban J connectivity index is 1.57. The van der Waals surface area contributed by atoms with Gasteiger partial charge in [0.2, 0.25) is 5.91 Å². The highest BCUT2D eigenvalue weighted by Gasteiger charge is 2.33. The van der Waals surface area contributed by atoms with Crippen molar-refractivity contribution in [3.05, 3.63) is 28.9 Å². The lowest BCUT2D eigenvalue weighted by molar-refractivity contribution is -0.137. The van der Waals surface area contributed by atoms with Crippen molar-refractivity contribution in [2.45, 2.75) is 31.7 Å². The van der Waals surface area contributed by atoms with Crippen molar-refractivity contribution in [3.8, 4) is 0 Å². The summed E-state index contributed by atoms with van der Waals surface area (Å²) in [6.07, 6.45) is 8.33. The van der Waals surface area contributed by atoms with Crippen molar-refractivity contribution in [2.24, 2.45) is 5.92 Å². The van der Waals surface area contributed by atoms with E-state index >= 15 is 0 Å². The maximum atomic E-state index is 12.3. The van der Waals surface area contributed by atoms with E-state index in [1.165, 1.54) is 17.6 Å². The lowest BCUT2D eigenvalue weighted by Gasteiger charge is -2.29. The van der Waals surface area contributed by atoms with Crippen LogP contribution in [0.2, 0.25) is 5.02 Å². The minimum atomic E-state index is -0.625. The Kier molecular flexibility index (Phi) is 5.55. The number of likely N-dealkylation sites (tertiary alicyclic amines) is 1. The Bertz CT molecular complexity index is 690. The maximum absolute atomic E-state index is 12.3. The van der Waals surface area contributed by atoms with E-state index in [0.717, 1.165) is 32.2 Å². The van der Waals surface area contributed by atoms with Crippen LogP contribution in [0.1, 0.15) is 31.2 Å². The summed E-state index contributed by atoms with van der Waals surface area (Å²) in [5, 5.41) is 12.2. The van der Waals surface area contributed by atoms with Gasteiger partial charge in [0.1, 0.15) is 5.82 Å². The predicted octanol–water partition coefficient (Wildman–Crippen LogP) is 2.07. The minimum absolute atomic E-state index is 0.135. The lowest BCUT2D eigenvalue weighted by Crippen LogP contribution is -2.38. The van der Waals surface area contributed by atoms with Gasteiger partial charge in [-0.1, -0.05) is 18.0 Å². The van der Waals surface area contributed by atoms with Crippen molar-refractivity contribution in [2.75, 3.05) is 18.4 Å². The van der Waals surface area contributed by atoms with Crippen LogP contribution < -0.4 is 10.8 Å². The fraction of sp³-hybridized carbons (Fsp3) is 0.471. The molecule has 134 valence electrons. The average Bonchev–Trinajstić information content (AvgIpc) is 3.02. The second-order valence-electron chi connectivity index (χ2n) is 6.45. The maximum Gasteiger partial charge on any atom is 0.267 e. The highest BCUT2D eigenvalue weighted by molar-refractivity contribution is 6.33. The number of hydrogen-bond donors (Lipinski definition) is 3. The van der Waals surface area contributed by atoms with Gasteiger partial charge in [-0.05, 0) is 37.0 Å². The van der Waals surface area contributed by atoms with E-state index in [2.05, 4.69) is 10.3 Å². The molecule has 3 N–H and O–H groups in total. The Morgan fingerprint density at radius 2 is 2.16 bits per heavy atom. The fourth-order valence-corrected chi connectivity index (χ4v) is 3.27. The van der Waals surface area contributed by atoms with Crippen molar-refractivity contribution in [3.63, 3.8) is 0 Å². The lowest BCUT2D eigenvalue weighted by atomic mass is 9.84. The molecule has 2 aliphatic rings. The molecule has 7 nitrogen and oxygen atoms in total. The Hall–Kier alpha value is -2.12.